The minimum Gasteiger partial charge on any atom is -0.353 e. The molecule has 0 N–H and O–H groups in total. The number of benzene rings is 1. The quantitative estimate of drug-likeness (QED) is 0.744. The summed E-state index contributed by atoms with van der Waals surface area (Å²) in [5.41, 5.74) is 3.08. The molecule has 0 fully saturated rings. The molecule has 4 heteroatoms. The van der Waals surface area contributed by atoms with Gasteiger partial charge in [-0.3, -0.25) is 0 Å². The van der Waals surface area contributed by atoms with Crippen LogP contribution in [0.2, 0.25) is 0 Å². The number of nitrogens with zero attached hydrogens (tertiary/aromatic N) is 4. The maximum absolute atomic E-state index is 8.57. The van der Waals surface area contributed by atoms with Crippen molar-refractivity contribution in [2.45, 2.75) is 79.5 Å². The van der Waals surface area contributed by atoms with Crippen molar-refractivity contribution >= 4 is 11.4 Å². The van der Waals surface area contributed by atoms with E-state index in [-0.39, 0.29) is 0 Å². The highest BCUT2D eigenvalue weighted by atomic mass is 15.4. The van der Waals surface area contributed by atoms with Crippen molar-refractivity contribution < 1.29 is 15.1 Å². The molecular weight excluding hydrogens is 320 g/mol. The lowest BCUT2D eigenvalue weighted by molar-refractivity contribution is 0.263. The molecule has 1 aromatic rings. The van der Waals surface area contributed by atoms with Crippen LogP contribution in [0.15, 0.2) is 36.9 Å². The molecule has 0 saturated carbocycles. The molecule has 0 amide bonds. The van der Waals surface area contributed by atoms with Gasteiger partial charge < -0.3 is 19.6 Å². The Labute approximate surface area is 174 Å². The van der Waals surface area contributed by atoms with E-state index >= 15 is 0 Å². The fourth-order valence-corrected chi connectivity index (χ4v) is 3.63. The van der Waals surface area contributed by atoms with Crippen LogP contribution in [-0.4, -0.2) is 34.2 Å². The molecule has 2 heterocycles. The molecule has 26 heavy (non-hydrogen) atoms. The highest BCUT2D eigenvalue weighted by Gasteiger charge is 2.30. The zero-order valence-electron chi connectivity index (χ0n) is 26.9. The van der Waals surface area contributed by atoms with Crippen molar-refractivity contribution in [3.63, 3.8) is 0 Å². The Balaban J connectivity index is 2.01. The number of aryl methyl sites for hydroxylation is 1. The predicted molar refractivity (Wildman–Crippen MR) is 112 cm³/mol. The first-order valence-electron chi connectivity index (χ1n) is 14.2. The van der Waals surface area contributed by atoms with Crippen LogP contribution in [0.4, 0.5) is 11.4 Å². The van der Waals surface area contributed by atoms with E-state index in [1.807, 2.05) is 30.9 Å². The summed E-state index contributed by atoms with van der Waals surface area (Å²) in [6.45, 7) is -0.203. The first-order valence-corrected chi connectivity index (χ1v) is 8.69. The van der Waals surface area contributed by atoms with E-state index in [2.05, 4.69) is 0 Å². The Morgan fingerprint density at radius 1 is 0.846 bits per heavy atom. The monoisotopic (exact) mass is 365 g/mol. The zero-order chi connectivity index (χ0) is 28.5. The number of anilines is 2. The van der Waals surface area contributed by atoms with Crippen LogP contribution >= 0.6 is 0 Å². The second-order valence-electron chi connectivity index (χ2n) is 6.85. The van der Waals surface area contributed by atoms with E-state index in [0.29, 0.717) is 5.69 Å². The van der Waals surface area contributed by atoms with Crippen LogP contribution in [0.1, 0.15) is 67.5 Å². The number of rotatable bonds is 4. The van der Waals surface area contributed by atoms with Crippen LogP contribution < -0.4 is 9.80 Å². The van der Waals surface area contributed by atoms with E-state index < -0.39 is 44.9 Å². The van der Waals surface area contributed by atoms with Gasteiger partial charge in [0.05, 0.1) is 2.74 Å². The first-order chi connectivity index (χ1) is 16.6. The summed E-state index contributed by atoms with van der Waals surface area (Å²) in [4.78, 5) is 6.12. The van der Waals surface area contributed by atoms with Crippen molar-refractivity contribution in [3.8, 4) is 0 Å². The standard InChI is InChI=1S/C22H34N4/c1-15(2)23-9-11-25(19(23)7)21-13-17(5)14-22(18(21)6)26-12-10-24(16(3)4)20(26)8/h9-16,19-20H,1-8H3/t19-,20+/i1D3,2D3,3D3,15D,16D/t16?,19-,20+/m0/s1. The highest BCUT2D eigenvalue weighted by Crippen LogP contribution is 2.37. The van der Waals surface area contributed by atoms with E-state index in [0.717, 1.165) is 21.7 Å². The summed E-state index contributed by atoms with van der Waals surface area (Å²) in [7, 11) is 0. The van der Waals surface area contributed by atoms with Gasteiger partial charge in [-0.1, -0.05) is 0 Å². The smallest absolute Gasteiger partial charge is 0.103 e. The third-order valence-corrected chi connectivity index (χ3v) is 5.09. The molecule has 2 aliphatic heterocycles. The van der Waals surface area contributed by atoms with E-state index in [1.54, 1.807) is 37.3 Å². The molecule has 0 bridgehead atoms. The topological polar surface area (TPSA) is 13.0 Å². The lowest BCUT2D eigenvalue weighted by Gasteiger charge is -2.36. The lowest BCUT2D eigenvalue weighted by atomic mass is 10.1. The molecule has 0 spiro atoms. The maximum Gasteiger partial charge on any atom is 0.103 e. The summed E-state index contributed by atoms with van der Waals surface area (Å²) < 4.78 is 87.5. The molecule has 4 nitrogen and oxygen atoms in total. The van der Waals surface area contributed by atoms with Gasteiger partial charge in [0.1, 0.15) is 12.3 Å². The van der Waals surface area contributed by atoms with Crippen molar-refractivity contribution in [1.29, 1.82) is 0 Å². The summed E-state index contributed by atoms with van der Waals surface area (Å²) in [5, 5.41) is 0. The molecule has 0 saturated heterocycles. The number of hydrogen-bond donors (Lipinski definition) is 0. The molecule has 0 aliphatic carbocycles. The van der Waals surface area contributed by atoms with Gasteiger partial charge in [-0.15, -0.1) is 0 Å². The third kappa shape index (κ3) is 3.06. The molecular formula is C22H34N4. The average molecular weight is 366 g/mol. The SMILES string of the molecule is [2H]C([2H])([2H])C([2H])(C)N1C=CN(c2cc(C)cc(N3C=CN(C([2H])(C([2H])([2H])[2H])C([2H])([2H])[2H])[C@@H]3C)c2C)[C@@H]1C. The maximum atomic E-state index is 8.57. The van der Waals surface area contributed by atoms with Crippen LogP contribution in [0, 0.1) is 13.8 Å². The van der Waals surface area contributed by atoms with E-state index in [9.17, 15) is 0 Å². The van der Waals surface area contributed by atoms with Gasteiger partial charge in [-0.05, 0) is 78.4 Å². The molecule has 1 unspecified atom stereocenters. The third-order valence-electron chi connectivity index (χ3n) is 5.09. The minimum atomic E-state index is -3.11. The van der Waals surface area contributed by atoms with Gasteiger partial charge in [-0.2, -0.15) is 0 Å². The van der Waals surface area contributed by atoms with Crippen molar-refractivity contribution in [1.82, 2.24) is 9.80 Å². The van der Waals surface area contributed by atoms with E-state index in [1.165, 1.54) is 18.0 Å². The lowest BCUT2D eigenvalue weighted by Crippen LogP contribution is -2.41. The van der Waals surface area contributed by atoms with Gasteiger partial charge in [0.2, 0.25) is 0 Å². The van der Waals surface area contributed by atoms with Gasteiger partial charge in [0.25, 0.3) is 0 Å². The minimum absolute atomic E-state index is 0.480. The van der Waals surface area contributed by atoms with Crippen molar-refractivity contribution in [2.75, 3.05) is 9.80 Å². The largest absolute Gasteiger partial charge is 0.353 e. The fraction of sp³-hybridized carbons (Fsp3) is 0.545. The molecule has 1 aromatic carbocycles. The average Bonchev–Trinajstić information content (AvgIpc) is 3.29. The summed E-state index contributed by atoms with van der Waals surface area (Å²) in [5.74, 6) is 0. The Morgan fingerprint density at radius 3 is 1.77 bits per heavy atom. The van der Waals surface area contributed by atoms with Crippen molar-refractivity contribution in [2.24, 2.45) is 0 Å². The van der Waals surface area contributed by atoms with Gasteiger partial charge >= 0.3 is 0 Å². The second kappa shape index (κ2) is 6.90. The Hall–Kier alpha value is -2.10. The molecule has 142 valence electrons. The number of hydrogen-bond acceptors (Lipinski definition) is 4. The van der Waals surface area contributed by atoms with Crippen LogP contribution in [-0.2, 0) is 0 Å². The molecule has 0 radical (unpaired) electrons. The van der Waals surface area contributed by atoms with Crippen LogP contribution in [0.3, 0.4) is 0 Å². The summed E-state index contributed by atoms with van der Waals surface area (Å²) in [6.07, 6.45) is 4.95. The molecule has 3 rings (SSSR count). The van der Waals surface area contributed by atoms with Crippen LogP contribution in [0.5, 0.6) is 0 Å². The predicted octanol–water partition coefficient (Wildman–Crippen LogP) is 5.00. The summed E-state index contributed by atoms with van der Waals surface area (Å²) >= 11 is 0. The Bertz CT molecular complexity index is 1070. The molecule has 0 aromatic heterocycles. The van der Waals surface area contributed by atoms with Gasteiger partial charge in [0.15, 0.2) is 0 Å². The fourth-order valence-electron chi connectivity index (χ4n) is 3.63. The Kier molecular flexibility index (Phi) is 2.44. The van der Waals surface area contributed by atoms with Crippen molar-refractivity contribution in [3.05, 3.63) is 48.1 Å². The molecule has 2 aliphatic rings. The van der Waals surface area contributed by atoms with E-state index in [4.69, 9.17) is 15.1 Å². The second-order valence-corrected chi connectivity index (χ2v) is 6.85. The molecule has 3 atom stereocenters. The summed E-state index contributed by atoms with van der Waals surface area (Å²) in [6, 6.07) is -0.890. The first kappa shape index (κ1) is 9.20. The Morgan fingerprint density at radius 2 is 1.31 bits per heavy atom. The zero-order valence-corrected chi connectivity index (χ0v) is 15.9. The van der Waals surface area contributed by atoms with Crippen LogP contribution in [0.25, 0.3) is 0 Å². The normalized spacial score (nSPS) is 33.0. The highest BCUT2D eigenvalue weighted by molar-refractivity contribution is 5.72. The van der Waals surface area contributed by atoms with Gasteiger partial charge in [-0.25, -0.2) is 0 Å². The van der Waals surface area contributed by atoms with Gasteiger partial charge in [0, 0.05) is 60.5 Å².